The van der Waals surface area contributed by atoms with Gasteiger partial charge in [0, 0.05) is 13.1 Å². The number of hydroxylamine groups is 2. The Morgan fingerprint density at radius 3 is 2.39 bits per heavy atom. The van der Waals surface area contributed by atoms with Crippen molar-refractivity contribution in [1.29, 1.82) is 0 Å². The molecule has 0 aliphatic carbocycles. The van der Waals surface area contributed by atoms with E-state index in [1.807, 2.05) is 6.07 Å². The van der Waals surface area contributed by atoms with Crippen LogP contribution in [0, 0.1) is 0 Å². The average Bonchev–Trinajstić information content (AvgIpc) is 2.43. The molecule has 5 heteroatoms. The quantitative estimate of drug-likeness (QED) is 0.590. The minimum Gasteiger partial charge on any atom is -0.493 e. The van der Waals surface area contributed by atoms with Gasteiger partial charge in [-0.2, -0.15) is 0 Å². The van der Waals surface area contributed by atoms with E-state index in [2.05, 4.69) is 0 Å². The molecule has 1 aromatic rings. The number of hydrogen-bond donors (Lipinski definition) is 0. The molecule has 0 bridgehead atoms. The molecule has 1 rings (SSSR count). The van der Waals surface area contributed by atoms with E-state index >= 15 is 0 Å². The first-order chi connectivity index (χ1) is 8.62. The predicted molar refractivity (Wildman–Crippen MR) is 68.4 cm³/mol. The molecule has 0 radical (unpaired) electrons. The van der Waals surface area contributed by atoms with Crippen LogP contribution >= 0.6 is 0 Å². The number of carbonyl (C=O) groups excluding carboxylic acids is 1. The molecule has 0 fully saturated rings. The molecule has 98 valence electrons. The molecule has 0 unspecified atom stereocenters. The molecular weight excluding hydrogens is 234 g/mol. The van der Waals surface area contributed by atoms with Crippen molar-refractivity contribution in [2.45, 2.75) is 0 Å². The second kappa shape index (κ2) is 6.66. The van der Waals surface area contributed by atoms with Crippen LogP contribution in [0.15, 0.2) is 24.3 Å². The molecule has 0 atom stereocenters. The maximum atomic E-state index is 11.5. The fourth-order valence-electron chi connectivity index (χ4n) is 1.32. The fourth-order valence-corrected chi connectivity index (χ4v) is 1.32. The highest BCUT2D eigenvalue weighted by Crippen LogP contribution is 2.27. The van der Waals surface area contributed by atoms with Gasteiger partial charge in [0.15, 0.2) is 11.5 Å². The topological polar surface area (TPSA) is 48.0 Å². The molecule has 0 saturated carbocycles. The van der Waals surface area contributed by atoms with Gasteiger partial charge in [0.05, 0.1) is 21.3 Å². The molecule has 5 nitrogen and oxygen atoms in total. The van der Waals surface area contributed by atoms with E-state index in [1.165, 1.54) is 13.2 Å². The first-order valence-corrected chi connectivity index (χ1v) is 5.34. The van der Waals surface area contributed by atoms with Crippen molar-refractivity contribution in [3.8, 4) is 11.5 Å². The lowest BCUT2D eigenvalue weighted by Crippen LogP contribution is -2.22. The minimum absolute atomic E-state index is 0.243. The van der Waals surface area contributed by atoms with Gasteiger partial charge >= 0.3 is 0 Å². The molecule has 0 aliphatic heterocycles. The van der Waals surface area contributed by atoms with Crippen LogP contribution in [-0.4, -0.2) is 39.3 Å². The normalized spacial score (nSPS) is 10.4. The zero-order valence-electron chi connectivity index (χ0n) is 11.0. The second-order valence-corrected chi connectivity index (χ2v) is 3.47. The smallest absolute Gasteiger partial charge is 0.269 e. The Balaban J connectivity index is 2.85. The van der Waals surface area contributed by atoms with Gasteiger partial charge in [-0.15, -0.1) is 0 Å². The number of ether oxygens (including phenoxy) is 2. The van der Waals surface area contributed by atoms with E-state index in [9.17, 15) is 4.79 Å². The Labute approximate surface area is 107 Å². The van der Waals surface area contributed by atoms with Gasteiger partial charge in [0.1, 0.15) is 0 Å². The van der Waals surface area contributed by atoms with E-state index in [-0.39, 0.29) is 5.91 Å². The molecule has 0 aromatic heterocycles. The number of likely N-dealkylation sites (N-methyl/N-ethyl adjacent to an activating group) is 1. The lowest BCUT2D eigenvalue weighted by molar-refractivity contribution is -0.162. The van der Waals surface area contributed by atoms with E-state index in [0.29, 0.717) is 11.5 Å². The van der Waals surface area contributed by atoms with Crippen LogP contribution in [-0.2, 0) is 9.63 Å². The minimum atomic E-state index is -0.243. The number of carbonyl (C=O) groups is 1. The van der Waals surface area contributed by atoms with Gasteiger partial charge in [0.25, 0.3) is 5.91 Å². The summed E-state index contributed by atoms with van der Waals surface area (Å²) in [4.78, 5) is 16.3. The molecular formula is C13H17NO4. The van der Waals surface area contributed by atoms with Crippen molar-refractivity contribution in [1.82, 2.24) is 5.06 Å². The summed E-state index contributed by atoms with van der Waals surface area (Å²) in [6.45, 7) is 0. The maximum absolute atomic E-state index is 11.5. The summed E-state index contributed by atoms with van der Waals surface area (Å²) < 4.78 is 10.3. The molecule has 0 saturated heterocycles. The average molecular weight is 251 g/mol. The lowest BCUT2D eigenvalue weighted by atomic mass is 10.2. The van der Waals surface area contributed by atoms with Crippen LogP contribution in [0.5, 0.6) is 11.5 Å². The van der Waals surface area contributed by atoms with E-state index < -0.39 is 0 Å². The highest BCUT2D eigenvalue weighted by atomic mass is 16.7. The van der Waals surface area contributed by atoms with E-state index in [0.717, 1.165) is 10.6 Å². The standard InChI is InChI=1S/C13H17NO4/c1-14(18-4)13(15)8-6-10-5-7-11(16-2)12(9-10)17-3/h5-9H,1-4H3/b8-6+. The molecule has 1 aromatic carbocycles. The van der Waals surface area contributed by atoms with Gasteiger partial charge in [-0.05, 0) is 23.8 Å². The zero-order valence-corrected chi connectivity index (χ0v) is 11.0. The van der Waals surface area contributed by atoms with Gasteiger partial charge in [-0.3, -0.25) is 9.63 Å². The first kappa shape index (κ1) is 14.1. The number of rotatable bonds is 5. The van der Waals surface area contributed by atoms with Crippen LogP contribution < -0.4 is 9.47 Å². The van der Waals surface area contributed by atoms with Gasteiger partial charge in [-0.1, -0.05) is 6.07 Å². The third-order valence-corrected chi connectivity index (χ3v) is 2.41. The van der Waals surface area contributed by atoms with Crippen LogP contribution in [0.1, 0.15) is 5.56 Å². The molecule has 0 spiro atoms. The highest BCUT2D eigenvalue weighted by molar-refractivity contribution is 5.90. The summed E-state index contributed by atoms with van der Waals surface area (Å²) in [5.41, 5.74) is 0.838. The first-order valence-electron chi connectivity index (χ1n) is 5.34. The van der Waals surface area contributed by atoms with Crippen LogP contribution in [0.3, 0.4) is 0 Å². The zero-order chi connectivity index (χ0) is 13.5. The van der Waals surface area contributed by atoms with Gasteiger partial charge < -0.3 is 9.47 Å². The van der Waals surface area contributed by atoms with Gasteiger partial charge in [-0.25, -0.2) is 5.06 Å². The SMILES string of the molecule is COc1ccc(/C=C/C(=O)N(C)OC)cc1OC. The van der Waals surface area contributed by atoms with Crippen molar-refractivity contribution in [3.05, 3.63) is 29.8 Å². The van der Waals surface area contributed by atoms with Crippen molar-refractivity contribution >= 4 is 12.0 Å². The Morgan fingerprint density at radius 2 is 1.83 bits per heavy atom. The Kier molecular flexibility index (Phi) is 5.20. The van der Waals surface area contributed by atoms with Crippen LogP contribution in [0.25, 0.3) is 6.08 Å². The molecule has 0 aliphatic rings. The largest absolute Gasteiger partial charge is 0.493 e. The van der Waals surface area contributed by atoms with Crippen molar-refractivity contribution < 1.29 is 19.1 Å². The second-order valence-electron chi connectivity index (χ2n) is 3.47. The Morgan fingerprint density at radius 1 is 1.17 bits per heavy atom. The molecule has 1 amide bonds. The Hall–Kier alpha value is -2.01. The van der Waals surface area contributed by atoms with E-state index in [4.69, 9.17) is 14.3 Å². The summed E-state index contributed by atoms with van der Waals surface area (Å²) in [7, 11) is 6.11. The fraction of sp³-hybridized carbons (Fsp3) is 0.308. The third kappa shape index (κ3) is 3.49. The number of nitrogens with zero attached hydrogens (tertiary/aromatic N) is 1. The van der Waals surface area contributed by atoms with Gasteiger partial charge in [0.2, 0.25) is 0 Å². The molecule has 0 heterocycles. The number of benzene rings is 1. The highest BCUT2D eigenvalue weighted by Gasteiger charge is 2.04. The van der Waals surface area contributed by atoms with Crippen LogP contribution in [0.2, 0.25) is 0 Å². The monoisotopic (exact) mass is 251 g/mol. The molecule has 0 N–H and O–H groups in total. The van der Waals surface area contributed by atoms with Crippen molar-refractivity contribution in [2.75, 3.05) is 28.4 Å². The summed E-state index contributed by atoms with van der Waals surface area (Å²) in [5, 5.41) is 1.14. The third-order valence-electron chi connectivity index (χ3n) is 2.41. The summed E-state index contributed by atoms with van der Waals surface area (Å²) >= 11 is 0. The van der Waals surface area contributed by atoms with Crippen LogP contribution in [0.4, 0.5) is 0 Å². The predicted octanol–water partition coefficient (Wildman–Crippen LogP) is 1.74. The number of methoxy groups -OCH3 is 2. The number of hydrogen-bond acceptors (Lipinski definition) is 4. The van der Waals surface area contributed by atoms with Crippen molar-refractivity contribution in [2.24, 2.45) is 0 Å². The lowest BCUT2D eigenvalue weighted by Gasteiger charge is -2.10. The molecule has 18 heavy (non-hydrogen) atoms. The van der Waals surface area contributed by atoms with Crippen molar-refractivity contribution in [3.63, 3.8) is 0 Å². The Bertz CT molecular complexity index is 443. The summed E-state index contributed by atoms with van der Waals surface area (Å²) in [6.07, 6.45) is 3.10. The summed E-state index contributed by atoms with van der Waals surface area (Å²) in [6, 6.07) is 5.40. The maximum Gasteiger partial charge on any atom is 0.269 e. The van der Waals surface area contributed by atoms with E-state index in [1.54, 1.807) is 39.5 Å². The number of amides is 1. The summed E-state index contributed by atoms with van der Waals surface area (Å²) in [5.74, 6) is 1.02.